The van der Waals surface area contributed by atoms with Crippen LogP contribution in [0.5, 0.6) is 0 Å². The van der Waals surface area contributed by atoms with Crippen LogP contribution in [0.4, 0.5) is 0 Å². The fourth-order valence-corrected chi connectivity index (χ4v) is 2.95. The molecule has 0 aromatic rings. The van der Waals surface area contributed by atoms with E-state index >= 15 is 0 Å². The van der Waals surface area contributed by atoms with Gasteiger partial charge in [-0.25, -0.2) is 0 Å². The van der Waals surface area contributed by atoms with Crippen molar-refractivity contribution in [2.24, 2.45) is 0 Å². The molecule has 0 aromatic carbocycles. The Bertz CT molecular complexity index is 188. The van der Waals surface area contributed by atoms with Crippen LogP contribution in [0.3, 0.4) is 0 Å². The second kappa shape index (κ2) is 6.58. The van der Waals surface area contributed by atoms with Crippen LogP contribution in [-0.2, 0) is 4.74 Å². The summed E-state index contributed by atoms with van der Waals surface area (Å²) in [6.45, 7) is 3.87. The second-order valence-corrected chi connectivity index (χ2v) is 5.12. The van der Waals surface area contributed by atoms with Crippen molar-refractivity contribution in [3.63, 3.8) is 0 Å². The van der Waals surface area contributed by atoms with E-state index in [0.29, 0.717) is 11.6 Å². The summed E-state index contributed by atoms with van der Waals surface area (Å²) in [5, 5.41) is 3.46. The Morgan fingerprint density at radius 1 is 1.31 bits per heavy atom. The van der Waals surface area contributed by atoms with Crippen molar-refractivity contribution >= 4 is 0 Å². The zero-order valence-electron chi connectivity index (χ0n) is 11.4. The maximum Gasteiger partial charge on any atom is 0.0637 e. The van der Waals surface area contributed by atoms with Crippen LogP contribution in [0.2, 0.25) is 0 Å². The molecule has 0 spiro atoms. The maximum atomic E-state index is 5.73. The van der Waals surface area contributed by atoms with E-state index < -0.39 is 0 Å². The minimum atomic E-state index is 0.308. The Morgan fingerprint density at radius 3 is 2.38 bits per heavy atom. The summed E-state index contributed by atoms with van der Waals surface area (Å²) >= 11 is 0. The predicted molar refractivity (Wildman–Crippen MR) is 68.8 cm³/mol. The average molecular weight is 228 g/mol. The van der Waals surface area contributed by atoms with E-state index in [0.717, 1.165) is 19.6 Å². The molecule has 0 radical (unpaired) electrons. The van der Waals surface area contributed by atoms with Gasteiger partial charge in [0.25, 0.3) is 0 Å². The Kier molecular flexibility index (Phi) is 5.73. The van der Waals surface area contributed by atoms with E-state index in [-0.39, 0.29) is 0 Å². The Labute approximate surface area is 101 Å². The highest BCUT2D eigenvalue weighted by atomic mass is 16.5. The summed E-state index contributed by atoms with van der Waals surface area (Å²) in [6, 6.07) is 0.455. The highest BCUT2D eigenvalue weighted by molar-refractivity contribution is 5.01. The van der Waals surface area contributed by atoms with E-state index in [2.05, 4.69) is 38.3 Å². The van der Waals surface area contributed by atoms with Crippen LogP contribution in [0.15, 0.2) is 0 Å². The summed E-state index contributed by atoms with van der Waals surface area (Å²) < 4.78 is 5.73. The van der Waals surface area contributed by atoms with Crippen LogP contribution in [0.25, 0.3) is 0 Å². The van der Waals surface area contributed by atoms with E-state index in [1.54, 1.807) is 0 Å². The lowest BCUT2D eigenvalue weighted by Crippen LogP contribution is -2.58. The molecule has 1 saturated carbocycles. The monoisotopic (exact) mass is 228 g/mol. The molecule has 0 saturated heterocycles. The Hall–Kier alpha value is -0.120. The predicted octanol–water partition coefficient (Wildman–Crippen LogP) is 1.88. The van der Waals surface area contributed by atoms with E-state index in [9.17, 15) is 0 Å². The zero-order valence-corrected chi connectivity index (χ0v) is 11.4. The lowest BCUT2D eigenvalue weighted by molar-refractivity contribution is 0.0359. The van der Waals surface area contributed by atoms with Crippen molar-refractivity contribution < 1.29 is 4.74 Å². The molecule has 1 aliphatic carbocycles. The van der Waals surface area contributed by atoms with Crippen molar-refractivity contribution in [1.82, 2.24) is 10.2 Å². The summed E-state index contributed by atoms with van der Waals surface area (Å²) in [4.78, 5) is 2.40. The molecule has 1 rings (SSSR count). The highest BCUT2D eigenvalue weighted by Gasteiger charge is 2.42. The van der Waals surface area contributed by atoms with Gasteiger partial charge in [0, 0.05) is 18.2 Å². The first-order chi connectivity index (χ1) is 7.67. The minimum absolute atomic E-state index is 0.308. The van der Waals surface area contributed by atoms with Gasteiger partial charge in [0.1, 0.15) is 0 Å². The second-order valence-electron chi connectivity index (χ2n) is 5.12. The van der Waals surface area contributed by atoms with Gasteiger partial charge in [-0.1, -0.05) is 19.8 Å². The van der Waals surface area contributed by atoms with Gasteiger partial charge in [-0.2, -0.15) is 0 Å². The minimum Gasteiger partial charge on any atom is -0.380 e. The molecule has 0 bridgehead atoms. The van der Waals surface area contributed by atoms with Gasteiger partial charge >= 0.3 is 0 Å². The van der Waals surface area contributed by atoms with E-state index in [1.165, 1.54) is 25.7 Å². The normalized spacial score (nSPS) is 21.6. The molecular formula is C13H28N2O. The standard InChI is InChI=1S/C13H28N2O/c1-5-10-16-11-12(14-2)13(15(3)4)8-6-7-9-13/h12,14H,5-11H2,1-4H3. The van der Waals surface area contributed by atoms with Gasteiger partial charge in [-0.15, -0.1) is 0 Å². The lowest BCUT2D eigenvalue weighted by atomic mass is 9.87. The van der Waals surface area contributed by atoms with Crippen molar-refractivity contribution in [3.05, 3.63) is 0 Å². The van der Waals surface area contributed by atoms with Crippen LogP contribution in [0.1, 0.15) is 39.0 Å². The summed E-state index contributed by atoms with van der Waals surface area (Å²) in [6.07, 6.45) is 6.39. The van der Waals surface area contributed by atoms with E-state index in [1.807, 2.05) is 0 Å². The van der Waals surface area contributed by atoms with Gasteiger partial charge in [-0.3, -0.25) is 0 Å². The molecule has 0 aliphatic heterocycles. The van der Waals surface area contributed by atoms with Crippen LogP contribution >= 0.6 is 0 Å². The number of likely N-dealkylation sites (N-methyl/N-ethyl adjacent to an activating group) is 2. The SMILES string of the molecule is CCCOCC(NC)C1(N(C)C)CCCC1. The number of ether oxygens (including phenoxy) is 1. The van der Waals surface area contributed by atoms with Gasteiger partial charge in [0.05, 0.1) is 6.61 Å². The first-order valence-corrected chi connectivity index (χ1v) is 6.60. The molecule has 1 unspecified atom stereocenters. The molecular weight excluding hydrogens is 200 g/mol. The Balaban J connectivity index is 2.59. The number of hydrogen-bond donors (Lipinski definition) is 1. The van der Waals surface area contributed by atoms with Crippen molar-refractivity contribution in [1.29, 1.82) is 0 Å². The van der Waals surface area contributed by atoms with Gasteiger partial charge < -0.3 is 15.0 Å². The number of nitrogens with one attached hydrogen (secondary N) is 1. The fourth-order valence-electron chi connectivity index (χ4n) is 2.95. The van der Waals surface area contributed by atoms with E-state index in [4.69, 9.17) is 4.74 Å². The average Bonchev–Trinajstić information content (AvgIpc) is 2.74. The molecule has 1 aliphatic rings. The topological polar surface area (TPSA) is 24.5 Å². The Morgan fingerprint density at radius 2 is 1.94 bits per heavy atom. The third-order valence-corrected chi connectivity index (χ3v) is 3.99. The summed E-state index contributed by atoms with van der Waals surface area (Å²) in [7, 11) is 6.47. The molecule has 0 heterocycles. The first kappa shape index (κ1) is 13.9. The zero-order chi connectivity index (χ0) is 12.0. The summed E-state index contributed by atoms with van der Waals surface area (Å²) in [5.74, 6) is 0. The van der Waals surface area contributed by atoms with Crippen LogP contribution in [-0.4, -0.2) is 50.8 Å². The molecule has 16 heavy (non-hydrogen) atoms. The molecule has 96 valence electrons. The lowest BCUT2D eigenvalue weighted by Gasteiger charge is -2.43. The van der Waals surface area contributed by atoms with Gasteiger partial charge in [-0.05, 0) is 40.4 Å². The van der Waals surface area contributed by atoms with Crippen molar-refractivity contribution in [3.8, 4) is 0 Å². The number of rotatable bonds is 7. The third kappa shape index (κ3) is 2.96. The van der Waals surface area contributed by atoms with Crippen LogP contribution < -0.4 is 5.32 Å². The number of hydrogen-bond acceptors (Lipinski definition) is 3. The maximum absolute atomic E-state index is 5.73. The van der Waals surface area contributed by atoms with Crippen molar-refractivity contribution in [2.45, 2.75) is 50.6 Å². The molecule has 1 N–H and O–H groups in total. The molecule has 0 aromatic heterocycles. The van der Waals surface area contributed by atoms with Gasteiger partial charge in [0.2, 0.25) is 0 Å². The third-order valence-electron chi connectivity index (χ3n) is 3.99. The molecule has 3 heteroatoms. The first-order valence-electron chi connectivity index (χ1n) is 6.60. The fraction of sp³-hybridized carbons (Fsp3) is 1.00. The van der Waals surface area contributed by atoms with Crippen molar-refractivity contribution in [2.75, 3.05) is 34.4 Å². The van der Waals surface area contributed by atoms with Crippen LogP contribution in [0, 0.1) is 0 Å². The molecule has 1 atom stereocenters. The number of nitrogens with zero attached hydrogens (tertiary/aromatic N) is 1. The smallest absolute Gasteiger partial charge is 0.0637 e. The quantitative estimate of drug-likeness (QED) is 0.673. The largest absolute Gasteiger partial charge is 0.380 e. The summed E-state index contributed by atoms with van der Waals surface area (Å²) in [5.41, 5.74) is 0.308. The highest BCUT2D eigenvalue weighted by Crippen LogP contribution is 2.36. The van der Waals surface area contributed by atoms with Gasteiger partial charge in [0.15, 0.2) is 0 Å². The molecule has 1 fully saturated rings. The molecule has 3 nitrogen and oxygen atoms in total. The molecule has 0 amide bonds.